The van der Waals surface area contributed by atoms with Crippen LogP contribution in [0.3, 0.4) is 0 Å². The van der Waals surface area contributed by atoms with Crippen molar-refractivity contribution in [3.63, 3.8) is 0 Å². The Balaban J connectivity index is 1.75. The lowest BCUT2D eigenvalue weighted by Gasteiger charge is -2.18. The van der Waals surface area contributed by atoms with Crippen LogP contribution < -0.4 is 24.4 Å². The van der Waals surface area contributed by atoms with E-state index in [9.17, 15) is 9.59 Å². The molecule has 2 aromatic carbocycles. The van der Waals surface area contributed by atoms with Crippen LogP contribution in [0.1, 0.15) is 22.3 Å². The Kier molecular flexibility index (Phi) is 5.73. The number of nitrogens with one attached hydrogen (secondary N) is 1. The highest BCUT2D eigenvalue weighted by Gasteiger charge is 2.32. The van der Waals surface area contributed by atoms with Crippen LogP contribution in [0.25, 0.3) is 0 Å². The molecule has 0 bridgehead atoms. The minimum absolute atomic E-state index is 0.0148. The van der Waals surface area contributed by atoms with Crippen LogP contribution >= 0.6 is 0 Å². The average molecular weight is 384 g/mol. The van der Waals surface area contributed by atoms with Gasteiger partial charge >= 0.3 is 0 Å². The van der Waals surface area contributed by atoms with E-state index in [2.05, 4.69) is 5.32 Å². The van der Waals surface area contributed by atoms with Crippen molar-refractivity contribution < 1.29 is 23.8 Å². The zero-order chi connectivity index (χ0) is 20.3. The number of benzene rings is 2. The number of amides is 2. The molecule has 3 rings (SSSR count). The highest BCUT2D eigenvalue weighted by molar-refractivity contribution is 5.99. The number of carbonyl (C=O) groups is 2. The molecule has 2 amide bonds. The van der Waals surface area contributed by atoms with Gasteiger partial charge in [0.2, 0.25) is 11.7 Å². The van der Waals surface area contributed by atoms with E-state index in [1.54, 1.807) is 17.0 Å². The first-order chi connectivity index (χ1) is 13.5. The van der Waals surface area contributed by atoms with Crippen LogP contribution in [-0.2, 0) is 4.79 Å². The van der Waals surface area contributed by atoms with E-state index in [0.717, 1.165) is 11.3 Å². The molecule has 0 radical (unpaired) electrons. The molecule has 0 unspecified atom stereocenters. The summed E-state index contributed by atoms with van der Waals surface area (Å²) < 4.78 is 15.9. The van der Waals surface area contributed by atoms with Crippen LogP contribution in [0.2, 0.25) is 0 Å². The molecule has 2 aromatic rings. The standard InChI is InChI=1S/C21H24N2O5/c1-13-5-7-16(8-6-13)23-12-15(11-19(23)24)22-21(25)14-9-17(26-2)20(28-4)18(10-14)27-3/h5-10,15H,11-12H2,1-4H3,(H,22,25)/t15-/m1/s1. The van der Waals surface area contributed by atoms with Crippen molar-refractivity contribution in [2.75, 3.05) is 32.8 Å². The molecule has 148 valence electrons. The van der Waals surface area contributed by atoms with Gasteiger partial charge in [0.15, 0.2) is 11.5 Å². The lowest BCUT2D eigenvalue weighted by molar-refractivity contribution is -0.117. The Morgan fingerprint density at radius 1 is 1.04 bits per heavy atom. The van der Waals surface area contributed by atoms with Gasteiger partial charge in [0.25, 0.3) is 5.91 Å². The molecule has 1 aliphatic heterocycles. The number of carbonyl (C=O) groups excluding carboxylic acids is 2. The van der Waals surface area contributed by atoms with E-state index in [-0.39, 0.29) is 24.3 Å². The van der Waals surface area contributed by atoms with Gasteiger partial charge in [0.05, 0.1) is 27.4 Å². The van der Waals surface area contributed by atoms with E-state index in [1.165, 1.54) is 21.3 Å². The second-order valence-corrected chi connectivity index (χ2v) is 6.63. The number of nitrogens with zero attached hydrogens (tertiary/aromatic N) is 1. The fourth-order valence-electron chi connectivity index (χ4n) is 3.26. The van der Waals surface area contributed by atoms with Crippen molar-refractivity contribution in [2.24, 2.45) is 0 Å². The summed E-state index contributed by atoms with van der Waals surface area (Å²) in [6.07, 6.45) is 0.254. The number of rotatable bonds is 6. The maximum Gasteiger partial charge on any atom is 0.251 e. The van der Waals surface area contributed by atoms with Crippen LogP contribution in [0.5, 0.6) is 17.2 Å². The molecule has 1 fully saturated rings. The van der Waals surface area contributed by atoms with Gasteiger partial charge in [-0.1, -0.05) is 17.7 Å². The van der Waals surface area contributed by atoms with Gasteiger partial charge in [0.1, 0.15) is 0 Å². The summed E-state index contributed by atoms with van der Waals surface area (Å²) in [6.45, 7) is 2.42. The molecule has 7 nitrogen and oxygen atoms in total. The van der Waals surface area contributed by atoms with Crippen molar-refractivity contribution in [3.05, 3.63) is 47.5 Å². The Hall–Kier alpha value is -3.22. The first kappa shape index (κ1) is 19.5. The van der Waals surface area contributed by atoms with Crippen molar-refractivity contribution in [1.29, 1.82) is 0 Å². The largest absolute Gasteiger partial charge is 0.493 e. The third-order valence-corrected chi connectivity index (χ3v) is 4.73. The first-order valence-electron chi connectivity index (χ1n) is 8.94. The summed E-state index contributed by atoms with van der Waals surface area (Å²) in [5, 5.41) is 2.92. The molecule has 1 atom stereocenters. The minimum Gasteiger partial charge on any atom is -0.493 e. The zero-order valence-electron chi connectivity index (χ0n) is 16.4. The van der Waals surface area contributed by atoms with Gasteiger partial charge in [-0.3, -0.25) is 9.59 Å². The Bertz CT molecular complexity index is 854. The Morgan fingerprint density at radius 3 is 2.18 bits per heavy atom. The second-order valence-electron chi connectivity index (χ2n) is 6.63. The van der Waals surface area contributed by atoms with Crippen molar-refractivity contribution in [2.45, 2.75) is 19.4 Å². The predicted octanol–water partition coefficient (Wildman–Crippen LogP) is 2.56. The molecule has 1 saturated heterocycles. The average Bonchev–Trinajstić information content (AvgIpc) is 3.07. The molecule has 1 N–H and O–H groups in total. The number of methoxy groups -OCH3 is 3. The van der Waals surface area contributed by atoms with Crippen LogP contribution in [-0.4, -0.2) is 45.7 Å². The SMILES string of the molecule is COc1cc(C(=O)N[C@@H]2CC(=O)N(c3ccc(C)cc3)C2)cc(OC)c1OC. The minimum atomic E-state index is -0.303. The molecule has 7 heteroatoms. The number of ether oxygens (including phenoxy) is 3. The predicted molar refractivity (Wildman–Crippen MR) is 106 cm³/mol. The topological polar surface area (TPSA) is 77.1 Å². The molecule has 0 saturated carbocycles. The molecular weight excluding hydrogens is 360 g/mol. The van der Waals surface area contributed by atoms with Crippen LogP contribution in [0.4, 0.5) is 5.69 Å². The molecule has 0 aliphatic carbocycles. The fraction of sp³-hybridized carbons (Fsp3) is 0.333. The lowest BCUT2D eigenvalue weighted by Crippen LogP contribution is -2.37. The monoisotopic (exact) mass is 384 g/mol. The first-order valence-corrected chi connectivity index (χ1v) is 8.94. The van der Waals surface area contributed by atoms with Crippen LogP contribution in [0.15, 0.2) is 36.4 Å². The Morgan fingerprint density at radius 2 is 1.64 bits per heavy atom. The summed E-state index contributed by atoms with van der Waals surface area (Å²) in [4.78, 5) is 26.8. The van der Waals surface area contributed by atoms with Crippen molar-refractivity contribution in [3.8, 4) is 17.2 Å². The van der Waals surface area contributed by atoms with E-state index < -0.39 is 0 Å². The van der Waals surface area contributed by atoms with Crippen LogP contribution in [0, 0.1) is 6.92 Å². The van der Waals surface area contributed by atoms with E-state index in [1.807, 2.05) is 31.2 Å². The smallest absolute Gasteiger partial charge is 0.251 e. The quantitative estimate of drug-likeness (QED) is 0.828. The van der Waals surface area contributed by atoms with Gasteiger partial charge in [-0.2, -0.15) is 0 Å². The van der Waals surface area contributed by atoms with Crippen molar-refractivity contribution >= 4 is 17.5 Å². The summed E-state index contributed by atoms with van der Waals surface area (Å²) in [5.74, 6) is 0.900. The van der Waals surface area contributed by atoms with E-state index in [4.69, 9.17) is 14.2 Å². The highest BCUT2D eigenvalue weighted by Crippen LogP contribution is 2.38. The normalized spacial score (nSPS) is 16.1. The highest BCUT2D eigenvalue weighted by atomic mass is 16.5. The summed E-state index contributed by atoms with van der Waals surface area (Å²) >= 11 is 0. The van der Waals surface area contributed by atoms with Gasteiger partial charge < -0.3 is 24.4 Å². The maximum absolute atomic E-state index is 12.7. The van der Waals surface area contributed by atoms with Gasteiger partial charge in [-0.05, 0) is 31.2 Å². The zero-order valence-corrected chi connectivity index (χ0v) is 16.4. The maximum atomic E-state index is 12.7. The molecule has 1 aliphatic rings. The third kappa shape index (κ3) is 3.88. The number of aryl methyl sites for hydroxylation is 1. The van der Waals surface area contributed by atoms with E-state index >= 15 is 0 Å². The molecule has 0 spiro atoms. The summed E-state index contributed by atoms with van der Waals surface area (Å²) in [6, 6.07) is 10.7. The Labute approximate surface area is 164 Å². The van der Waals surface area contributed by atoms with E-state index in [0.29, 0.717) is 29.4 Å². The lowest BCUT2D eigenvalue weighted by atomic mass is 10.1. The van der Waals surface area contributed by atoms with Gasteiger partial charge in [0, 0.05) is 24.2 Å². The van der Waals surface area contributed by atoms with Gasteiger partial charge in [-0.25, -0.2) is 0 Å². The third-order valence-electron chi connectivity index (χ3n) is 4.73. The summed E-state index contributed by atoms with van der Waals surface area (Å²) in [7, 11) is 4.49. The summed E-state index contributed by atoms with van der Waals surface area (Å²) in [5.41, 5.74) is 2.33. The fourth-order valence-corrected chi connectivity index (χ4v) is 3.26. The number of hydrogen-bond acceptors (Lipinski definition) is 5. The molecule has 28 heavy (non-hydrogen) atoms. The molecule has 1 heterocycles. The number of hydrogen-bond donors (Lipinski definition) is 1. The van der Waals surface area contributed by atoms with Gasteiger partial charge in [-0.15, -0.1) is 0 Å². The van der Waals surface area contributed by atoms with Crippen molar-refractivity contribution in [1.82, 2.24) is 5.32 Å². The molecular formula is C21H24N2O5. The number of anilines is 1. The molecule has 0 aromatic heterocycles. The second kappa shape index (κ2) is 8.21.